The van der Waals surface area contributed by atoms with Crippen molar-refractivity contribution in [1.29, 1.82) is 0 Å². The van der Waals surface area contributed by atoms with Gasteiger partial charge in [-0.2, -0.15) is 13.2 Å². The number of carbonyl (C=O) groups is 1. The van der Waals surface area contributed by atoms with Gasteiger partial charge in [0.25, 0.3) is 0 Å². The van der Waals surface area contributed by atoms with Crippen LogP contribution in [-0.2, 0) is 4.79 Å². The Morgan fingerprint density at radius 1 is 1.06 bits per heavy atom. The predicted molar refractivity (Wildman–Crippen MR) is 59.2 cm³/mol. The number of hydrogen-bond acceptors (Lipinski definition) is 2. The number of nitrogens with zero attached hydrogens (tertiary/aromatic N) is 1. The first-order valence-electron chi connectivity index (χ1n) is 6.42. The molecule has 2 fully saturated rings. The van der Waals surface area contributed by atoms with Crippen LogP contribution in [0.2, 0.25) is 0 Å². The molecule has 0 radical (unpaired) electrons. The van der Waals surface area contributed by atoms with Gasteiger partial charge >= 0.3 is 12.1 Å². The molecule has 1 N–H and O–H groups in total. The lowest BCUT2D eigenvalue weighted by Crippen LogP contribution is -2.44. The molecule has 0 aliphatic heterocycles. The van der Waals surface area contributed by atoms with Crippen molar-refractivity contribution in [1.82, 2.24) is 4.90 Å². The molecular formula is C12H18F3NO2. The average molecular weight is 265 g/mol. The molecule has 0 bridgehead atoms. The molecule has 0 atom stereocenters. The summed E-state index contributed by atoms with van der Waals surface area (Å²) in [7, 11) is 0. The quantitative estimate of drug-likeness (QED) is 0.849. The van der Waals surface area contributed by atoms with Crippen molar-refractivity contribution in [2.45, 2.75) is 56.8 Å². The van der Waals surface area contributed by atoms with E-state index in [4.69, 9.17) is 5.11 Å². The maximum absolute atomic E-state index is 12.5. The van der Waals surface area contributed by atoms with Gasteiger partial charge in [0.2, 0.25) is 0 Å². The van der Waals surface area contributed by atoms with Gasteiger partial charge in [-0.3, -0.25) is 9.69 Å². The summed E-state index contributed by atoms with van der Waals surface area (Å²) in [4.78, 5) is 12.7. The summed E-state index contributed by atoms with van der Waals surface area (Å²) < 4.78 is 37.6. The summed E-state index contributed by atoms with van der Waals surface area (Å²) in [6.07, 6.45) is -0.933. The number of hydrogen-bond donors (Lipinski definition) is 1. The zero-order valence-corrected chi connectivity index (χ0v) is 10.1. The monoisotopic (exact) mass is 265 g/mol. The number of halogens is 3. The van der Waals surface area contributed by atoms with E-state index in [1.54, 1.807) is 0 Å². The van der Waals surface area contributed by atoms with Gasteiger partial charge in [0.05, 0.1) is 12.5 Å². The molecule has 0 aromatic carbocycles. The highest BCUT2D eigenvalue weighted by atomic mass is 19.4. The molecule has 2 aliphatic rings. The number of alkyl halides is 3. The van der Waals surface area contributed by atoms with Crippen LogP contribution in [0.3, 0.4) is 0 Å². The molecule has 2 saturated carbocycles. The van der Waals surface area contributed by atoms with E-state index in [1.807, 2.05) is 4.90 Å². The third kappa shape index (κ3) is 3.37. The maximum Gasteiger partial charge on any atom is 0.391 e. The minimum absolute atomic E-state index is 0.0206. The van der Waals surface area contributed by atoms with Crippen LogP contribution in [0.4, 0.5) is 13.2 Å². The van der Waals surface area contributed by atoms with E-state index in [0.717, 1.165) is 12.8 Å². The van der Waals surface area contributed by atoms with Crippen molar-refractivity contribution in [3.05, 3.63) is 0 Å². The topological polar surface area (TPSA) is 40.5 Å². The van der Waals surface area contributed by atoms with E-state index in [0.29, 0.717) is 12.8 Å². The van der Waals surface area contributed by atoms with Crippen molar-refractivity contribution in [3.8, 4) is 0 Å². The standard InChI is InChI=1S/C12H18F3NO2/c13-12(14,15)8-1-3-9(4-2-8)16(7-11(17)18)10-5-6-10/h8-10H,1-7H2,(H,17,18). The number of carboxylic acid groups (broad SMARTS) is 1. The number of aliphatic carboxylic acids is 1. The second-order valence-corrected chi connectivity index (χ2v) is 5.34. The van der Waals surface area contributed by atoms with Crippen LogP contribution in [0.1, 0.15) is 38.5 Å². The highest BCUT2D eigenvalue weighted by Crippen LogP contribution is 2.40. The first kappa shape index (κ1) is 13.6. The molecule has 2 rings (SSSR count). The van der Waals surface area contributed by atoms with E-state index in [9.17, 15) is 18.0 Å². The van der Waals surface area contributed by atoms with E-state index >= 15 is 0 Å². The lowest BCUT2D eigenvalue weighted by Gasteiger charge is -2.36. The van der Waals surface area contributed by atoms with Crippen LogP contribution < -0.4 is 0 Å². The van der Waals surface area contributed by atoms with Crippen molar-refractivity contribution < 1.29 is 23.1 Å². The molecule has 18 heavy (non-hydrogen) atoms. The lowest BCUT2D eigenvalue weighted by molar-refractivity contribution is -0.185. The van der Waals surface area contributed by atoms with Crippen LogP contribution in [-0.4, -0.2) is 40.8 Å². The Morgan fingerprint density at radius 2 is 1.50 bits per heavy atom. The third-order valence-corrected chi connectivity index (χ3v) is 3.96. The van der Waals surface area contributed by atoms with Crippen LogP contribution >= 0.6 is 0 Å². The van der Waals surface area contributed by atoms with Crippen molar-refractivity contribution >= 4 is 5.97 Å². The Morgan fingerprint density at radius 3 is 1.83 bits per heavy atom. The van der Waals surface area contributed by atoms with E-state index < -0.39 is 18.1 Å². The fourth-order valence-corrected chi connectivity index (χ4v) is 2.85. The Labute approximate surface area is 104 Å². The van der Waals surface area contributed by atoms with E-state index in [2.05, 4.69) is 0 Å². The Kier molecular flexibility index (Phi) is 3.84. The average Bonchev–Trinajstić information content (AvgIpc) is 3.08. The first-order valence-corrected chi connectivity index (χ1v) is 6.42. The largest absolute Gasteiger partial charge is 0.480 e. The minimum atomic E-state index is -4.10. The molecular weight excluding hydrogens is 247 g/mol. The second-order valence-electron chi connectivity index (χ2n) is 5.34. The van der Waals surface area contributed by atoms with Gasteiger partial charge in [0.15, 0.2) is 0 Å². The first-order chi connectivity index (χ1) is 8.38. The van der Waals surface area contributed by atoms with Crippen molar-refractivity contribution in [2.75, 3.05) is 6.54 Å². The molecule has 2 aliphatic carbocycles. The van der Waals surface area contributed by atoms with Gasteiger partial charge in [0.1, 0.15) is 0 Å². The van der Waals surface area contributed by atoms with Crippen molar-refractivity contribution in [3.63, 3.8) is 0 Å². The molecule has 6 heteroatoms. The summed E-state index contributed by atoms with van der Waals surface area (Å²) in [6, 6.07) is 0.306. The van der Waals surface area contributed by atoms with Crippen LogP contribution in [0.5, 0.6) is 0 Å². The van der Waals surface area contributed by atoms with Gasteiger partial charge < -0.3 is 5.11 Å². The predicted octanol–water partition coefficient (Wildman–Crippen LogP) is 2.66. The molecule has 0 spiro atoms. The van der Waals surface area contributed by atoms with Crippen LogP contribution in [0, 0.1) is 5.92 Å². The SMILES string of the molecule is O=C(O)CN(C1CC1)C1CCC(C(F)(F)F)CC1. The van der Waals surface area contributed by atoms with E-state index in [1.165, 1.54) is 0 Å². The normalized spacial score (nSPS) is 29.6. The maximum atomic E-state index is 12.5. The summed E-state index contributed by atoms with van der Waals surface area (Å²) >= 11 is 0. The van der Waals surface area contributed by atoms with Gasteiger partial charge in [-0.1, -0.05) is 0 Å². The smallest absolute Gasteiger partial charge is 0.391 e. The van der Waals surface area contributed by atoms with Crippen LogP contribution in [0.15, 0.2) is 0 Å². The minimum Gasteiger partial charge on any atom is -0.480 e. The summed E-state index contributed by atoms with van der Waals surface area (Å²) in [5.41, 5.74) is 0. The second kappa shape index (κ2) is 5.07. The van der Waals surface area contributed by atoms with Crippen LogP contribution in [0.25, 0.3) is 0 Å². The zero-order valence-electron chi connectivity index (χ0n) is 10.1. The van der Waals surface area contributed by atoms with Gasteiger partial charge in [-0.25, -0.2) is 0 Å². The molecule has 0 saturated heterocycles. The summed E-state index contributed by atoms with van der Waals surface area (Å²) in [5.74, 6) is -2.08. The molecule has 0 aromatic rings. The molecule has 3 nitrogen and oxygen atoms in total. The molecule has 0 heterocycles. The third-order valence-electron chi connectivity index (χ3n) is 3.96. The Balaban J connectivity index is 1.89. The van der Waals surface area contributed by atoms with Gasteiger partial charge in [-0.15, -0.1) is 0 Å². The van der Waals surface area contributed by atoms with Gasteiger partial charge in [-0.05, 0) is 38.5 Å². The molecule has 0 amide bonds. The fraction of sp³-hybridized carbons (Fsp3) is 0.917. The summed E-state index contributed by atoms with van der Waals surface area (Å²) in [5, 5.41) is 8.85. The summed E-state index contributed by atoms with van der Waals surface area (Å²) in [6.45, 7) is -0.0357. The van der Waals surface area contributed by atoms with Crippen molar-refractivity contribution in [2.24, 2.45) is 5.92 Å². The number of carboxylic acids is 1. The Hall–Kier alpha value is -0.780. The van der Waals surface area contributed by atoms with E-state index in [-0.39, 0.29) is 31.5 Å². The van der Waals surface area contributed by atoms with Gasteiger partial charge in [0, 0.05) is 12.1 Å². The highest BCUT2D eigenvalue weighted by Gasteiger charge is 2.44. The number of rotatable bonds is 4. The fourth-order valence-electron chi connectivity index (χ4n) is 2.85. The lowest BCUT2D eigenvalue weighted by atomic mass is 9.85. The zero-order chi connectivity index (χ0) is 13.3. The molecule has 104 valence electrons. The highest BCUT2D eigenvalue weighted by molar-refractivity contribution is 5.69. The molecule has 0 unspecified atom stereocenters. The Bertz CT molecular complexity index is 307. The molecule has 0 aromatic heterocycles.